The van der Waals surface area contributed by atoms with Crippen molar-refractivity contribution in [1.29, 1.82) is 0 Å². The maximum absolute atomic E-state index is 12.4. The molecule has 1 aromatic carbocycles. The molecule has 0 bridgehead atoms. The summed E-state index contributed by atoms with van der Waals surface area (Å²) in [6.45, 7) is 9.92. The van der Waals surface area contributed by atoms with Gasteiger partial charge in [-0.25, -0.2) is 8.42 Å². The third-order valence-electron chi connectivity index (χ3n) is 5.52. The van der Waals surface area contributed by atoms with E-state index in [-0.39, 0.29) is 29.0 Å². The van der Waals surface area contributed by atoms with E-state index in [4.69, 9.17) is 0 Å². The van der Waals surface area contributed by atoms with Gasteiger partial charge in [0.05, 0.1) is 17.5 Å². The number of nitrogens with one attached hydrogen (secondary N) is 1. The van der Waals surface area contributed by atoms with Crippen molar-refractivity contribution in [3.8, 4) is 0 Å². The smallest absolute Gasteiger partial charge is 0.237 e. The Bertz CT molecular complexity index is 755. The van der Waals surface area contributed by atoms with Crippen molar-refractivity contribution < 1.29 is 13.2 Å². The van der Waals surface area contributed by atoms with Crippen LogP contribution < -0.4 is 5.32 Å². The average molecular weight is 394 g/mol. The Kier molecular flexibility index (Phi) is 5.93. The lowest BCUT2D eigenvalue weighted by atomic mass is 9.93. The number of amides is 1. The zero-order valence-corrected chi connectivity index (χ0v) is 17.4. The molecule has 1 aromatic rings. The summed E-state index contributed by atoms with van der Waals surface area (Å²) in [5.41, 5.74) is 2.27. The van der Waals surface area contributed by atoms with Crippen LogP contribution in [0.15, 0.2) is 24.3 Å². The monoisotopic (exact) mass is 393 g/mol. The summed E-state index contributed by atoms with van der Waals surface area (Å²) in [5, 5.41) is 3.06. The number of carbonyl (C=O) groups excluding carboxylic acids is 1. The zero-order chi connectivity index (χ0) is 19.7. The molecule has 2 aliphatic heterocycles. The maximum atomic E-state index is 12.4. The first-order chi connectivity index (χ1) is 12.6. The van der Waals surface area contributed by atoms with Gasteiger partial charge in [0.2, 0.25) is 5.91 Å². The predicted molar refractivity (Wildman–Crippen MR) is 107 cm³/mol. The van der Waals surface area contributed by atoms with E-state index in [0.29, 0.717) is 19.6 Å². The molecule has 0 aromatic heterocycles. The number of nitrogens with zero attached hydrogens (tertiary/aromatic N) is 2. The molecule has 0 saturated carbocycles. The second-order valence-corrected chi connectivity index (χ2v) is 10.9. The molecule has 1 amide bonds. The third-order valence-corrected chi connectivity index (χ3v) is 7.13. The van der Waals surface area contributed by atoms with Crippen LogP contribution in [0, 0.1) is 0 Å². The minimum absolute atomic E-state index is 0.0142. The van der Waals surface area contributed by atoms with Crippen LogP contribution in [0.5, 0.6) is 0 Å². The Balaban J connectivity index is 1.46. The lowest BCUT2D eigenvalue weighted by molar-refractivity contribution is -0.135. The Morgan fingerprint density at radius 1 is 1.07 bits per heavy atom. The summed E-state index contributed by atoms with van der Waals surface area (Å²) in [5.74, 6) is 0.614. The minimum atomic E-state index is -2.83. The number of likely N-dealkylation sites (tertiary alicyclic amines) is 1. The summed E-state index contributed by atoms with van der Waals surface area (Å²) in [6, 6.07) is 8.20. The largest absolute Gasteiger partial charge is 0.351 e. The number of hydrogen-bond acceptors (Lipinski definition) is 5. The van der Waals surface area contributed by atoms with Crippen molar-refractivity contribution in [1.82, 2.24) is 15.1 Å². The van der Waals surface area contributed by atoms with Gasteiger partial charge in [-0.1, -0.05) is 24.3 Å². The molecule has 1 N–H and O–H groups in total. The molecule has 27 heavy (non-hydrogen) atoms. The highest BCUT2D eigenvalue weighted by Crippen LogP contribution is 2.27. The Morgan fingerprint density at radius 3 is 2.19 bits per heavy atom. The first kappa shape index (κ1) is 20.3. The van der Waals surface area contributed by atoms with Gasteiger partial charge in [0.15, 0.2) is 9.84 Å². The van der Waals surface area contributed by atoms with Crippen LogP contribution in [-0.4, -0.2) is 66.8 Å². The van der Waals surface area contributed by atoms with Gasteiger partial charge in [0.25, 0.3) is 0 Å². The van der Waals surface area contributed by atoms with Crippen LogP contribution in [0.3, 0.4) is 0 Å². The van der Waals surface area contributed by atoms with E-state index in [0.717, 1.165) is 25.1 Å². The number of hydrogen-bond donors (Lipinski definition) is 1. The summed E-state index contributed by atoms with van der Waals surface area (Å²) >= 11 is 0. The second kappa shape index (κ2) is 7.89. The number of rotatable bonds is 5. The summed E-state index contributed by atoms with van der Waals surface area (Å²) in [4.78, 5) is 16.8. The Labute approximate surface area is 162 Å². The molecule has 3 rings (SSSR count). The van der Waals surface area contributed by atoms with Crippen LogP contribution >= 0.6 is 0 Å². The van der Waals surface area contributed by atoms with Crippen LogP contribution in [0.25, 0.3) is 0 Å². The highest BCUT2D eigenvalue weighted by atomic mass is 32.2. The molecule has 2 aliphatic rings. The molecule has 0 radical (unpaired) electrons. The molecular weight excluding hydrogens is 362 g/mol. The molecule has 7 heteroatoms. The first-order valence-corrected chi connectivity index (χ1v) is 11.5. The molecular formula is C20H31N3O3S. The fourth-order valence-electron chi connectivity index (χ4n) is 3.70. The molecule has 0 spiro atoms. The molecule has 1 atom stereocenters. The average Bonchev–Trinajstić information content (AvgIpc) is 2.53. The molecule has 1 unspecified atom stereocenters. The van der Waals surface area contributed by atoms with E-state index in [1.165, 1.54) is 5.56 Å². The van der Waals surface area contributed by atoms with Crippen LogP contribution in [0.2, 0.25) is 0 Å². The standard InChI is InChI=1S/C20H31N3O3S/c1-20(2,3)23-9-8-18(23)19(24)21-14-16-4-6-17(7-5-16)15-22-10-12-27(25,26)13-11-22/h4-7,18H,8-15H2,1-3H3,(H,21,24). The second-order valence-electron chi connectivity index (χ2n) is 8.63. The topological polar surface area (TPSA) is 69.7 Å². The number of benzene rings is 1. The van der Waals surface area contributed by atoms with Crippen molar-refractivity contribution in [2.24, 2.45) is 0 Å². The highest BCUT2D eigenvalue weighted by molar-refractivity contribution is 7.91. The van der Waals surface area contributed by atoms with Crippen LogP contribution in [0.1, 0.15) is 38.3 Å². The van der Waals surface area contributed by atoms with Gasteiger partial charge in [-0.2, -0.15) is 0 Å². The van der Waals surface area contributed by atoms with E-state index in [2.05, 4.69) is 48.0 Å². The minimum Gasteiger partial charge on any atom is -0.351 e. The summed E-state index contributed by atoms with van der Waals surface area (Å²) in [7, 11) is -2.83. The van der Waals surface area contributed by atoms with Crippen molar-refractivity contribution in [2.75, 3.05) is 31.1 Å². The Morgan fingerprint density at radius 2 is 1.67 bits per heavy atom. The Hall–Kier alpha value is -1.44. The molecule has 2 saturated heterocycles. The third kappa shape index (κ3) is 5.30. The lowest BCUT2D eigenvalue weighted by Crippen LogP contribution is -2.62. The van der Waals surface area contributed by atoms with E-state index in [1.54, 1.807) is 0 Å². The van der Waals surface area contributed by atoms with E-state index in [1.807, 2.05) is 12.1 Å². The van der Waals surface area contributed by atoms with Gasteiger partial charge in [0, 0.05) is 38.3 Å². The van der Waals surface area contributed by atoms with Gasteiger partial charge in [0.1, 0.15) is 0 Å². The molecule has 6 nitrogen and oxygen atoms in total. The van der Waals surface area contributed by atoms with E-state index >= 15 is 0 Å². The van der Waals surface area contributed by atoms with Crippen LogP contribution in [0.4, 0.5) is 0 Å². The summed E-state index contributed by atoms with van der Waals surface area (Å²) in [6.07, 6.45) is 0.924. The van der Waals surface area contributed by atoms with Gasteiger partial charge >= 0.3 is 0 Å². The van der Waals surface area contributed by atoms with Gasteiger partial charge in [-0.3, -0.25) is 14.6 Å². The number of sulfone groups is 1. The maximum Gasteiger partial charge on any atom is 0.237 e. The lowest BCUT2D eigenvalue weighted by Gasteiger charge is -2.48. The fourth-order valence-corrected chi connectivity index (χ4v) is 4.98. The quantitative estimate of drug-likeness (QED) is 0.819. The molecule has 2 fully saturated rings. The predicted octanol–water partition coefficient (Wildman–Crippen LogP) is 1.41. The van der Waals surface area contributed by atoms with E-state index < -0.39 is 9.84 Å². The van der Waals surface area contributed by atoms with Crippen molar-refractivity contribution in [2.45, 2.75) is 51.9 Å². The normalized spacial score (nSPS) is 23.6. The molecule has 2 heterocycles. The van der Waals surface area contributed by atoms with Gasteiger partial charge in [-0.15, -0.1) is 0 Å². The zero-order valence-electron chi connectivity index (χ0n) is 16.6. The highest BCUT2D eigenvalue weighted by Gasteiger charge is 2.40. The first-order valence-electron chi connectivity index (χ1n) is 9.69. The molecule has 150 valence electrons. The van der Waals surface area contributed by atoms with Crippen molar-refractivity contribution >= 4 is 15.7 Å². The summed E-state index contributed by atoms with van der Waals surface area (Å²) < 4.78 is 23.0. The van der Waals surface area contributed by atoms with Crippen molar-refractivity contribution in [3.63, 3.8) is 0 Å². The van der Waals surface area contributed by atoms with Gasteiger partial charge < -0.3 is 5.32 Å². The van der Waals surface area contributed by atoms with Crippen LogP contribution in [-0.2, 0) is 27.7 Å². The fraction of sp³-hybridized carbons (Fsp3) is 0.650. The van der Waals surface area contributed by atoms with Crippen molar-refractivity contribution in [3.05, 3.63) is 35.4 Å². The SMILES string of the molecule is CC(C)(C)N1CCC1C(=O)NCc1ccc(CN2CCS(=O)(=O)CC2)cc1. The number of carbonyl (C=O) groups is 1. The molecule has 0 aliphatic carbocycles. The van der Waals surface area contributed by atoms with E-state index in [9.17, 15) is 13.2 Å². The van der Waals surface area contributed by atoms with Gasteiger partial charge in [-0.05, 0) is 38.3 Å².